The van der Waals surface area contributed by atoms with E-state index in [9.17, 15) is 0 Å². The van der Waals surface area contributed by atoms with E-state index in [4.69, 9.17) is 9.73 Å². The number of halogens is 1. The molecular weight excluding hydrogens is 489 g/mol. The van der Waals surface area contributed by atoms with Gasteiger partial charge in [0.15, 0.2) is 5.96 Å². The first-order valence-electron chi connectivity index (χ1n) is 10.5. The van der Waals surface area contributed by atoms with Crippen molar-refractivity contribution in [3.05, 3.63) is 59.8 Å². The predicted molar refractivity (Wildman–Crippen MR) is 133 cm³/mol. The van der Waals surface area contributed by atoms with Gasteiger partial charge in [-0.2, -0.15) is 0 Å². The van der Waals surface area contributed by atoms with Crippen LogP contribution in [0.5, 0.6) is 5.88 Å². The number of methoxy groups -OCH3 is 1. The van der Waals surface area contributed by atoms with Crippen LogP contribution in [-0.2, 0) is 13.1 Å². The van der Waals surface area contributed by atoms with Crippen LogP contribution in [0.3, 0.4) is 0 Å². The molecule has 1 aliphatic heterocycles. The number of hydrogen-bond acceptors (Lipinski definition) is 4. The number of hydrogen-bond donors (Lipinski definition) is 2. The minimum Gasteiger partial charge on any atom is -0.481 e. The Labute approximate surface area is 197 Å². The van der Waals surface area contributed by atoms with Gasteiger partial charge in [-0.25, -0.2) is 9.98 Å². The fourth-order valence-corrected chi connectivity index (χ4v) is 3.81. The number of ether oxygens (including phenoxy) is 1. The Balaban J connectivity index is 0.00000320. The van der Waals surface area contributed by atoms with Gasteiger partial charge < -0.3 is 15.4 Å². The molecule has 2 atom stereocenters. The molecule has 1 saturated heterocycles. The van der Waals surface area contributed by atoms with E-state index in [1.54, 1.807) is 13.3 Å². The van der Waals surface area contributed by atoms with Crippen LogP contribution in [0.15, 0.2) is 53.7 Å². The number of nitrogens with one attached hydrogen (secondary N) is 2. The lowest BCUT2D eigenvalue weighted by Gasteiger charge is -2.38. The van der Waals surface area contributed by atoms with E-state index < -0.39 is 0 Å². The Morgan fingerprint density at radius 1 is 1.23 bits per heavy atom. The molecule has 2 heterocycles. The monoisotopic (exact) mass is 523 g/mol. The van der Waals surface area contributed by atoms with Gasteiger partial charge in [0.2, 0.25) is 5.88 Å². The minimum absolute atomic E-state index is 0. The van der Waals surface area contributed by atoms with Crippen LogP contribution < -0.4 is 15.4 Å². The summed E-state index contributed by atoms with van der Waals surface area (Å²) in [4.78, 5) is 11.6. The first-order chi connectivity index (χ1) is 14.2. The molecule has 1 fully saturated rings. The lowest BCUT2D eigenvalue weighted by Crippen LogP contribution is -2.51. The Bertz CT molecular complexity index is 786. The number of benzene rings is 1. The third kappa shape index (κ3) is 7.12. The molecule has 0 bridgehead atoms. The van der Waals surface area contributed by atoms with Gasteiger partial charge in [-0.3, -0.25) is 4.90 Å². The van der Waals surface area contributed by atoms with Crippen molar-refractivity contribution in [2.75, 3.05) is 20.2 Å². The van der Waals surface area contributed by atoms with E-state index >= 15 is 0 Å². The Hall–Kier alpha value is -1.87. The number of aromatic nitrogens is 1. The maximum atomic E-state index is 5.34. The highest BCUT2D eigenvalue weighted by Gasteiger charge is 2.26. The lowest BCUT2D eigenvalue weighted by molar-refractivity contribution is 0.134. The topological polar surface area (TPSA) is 61.8 Å². The summed E-state index contributed by atoms with van der Waals surface area (Å²) >= 11 is 0. The Kier molecular flexibility index (Phi) is 10.4. The summed E-state index contributed by atoms with van der Waals surface area (Å²) in [6, 6.07) is 15.6. The fourth-order valence-electron chi connectivity index (χ4n) is 3.81. The summed E-state index contributed by atoms with van der Waals surface area (Å²) in [5.41, 5.74) is 2.37. The molecule has 7 heteroatoms. The molecule has 0 radical (unpaired) electrons. The summed E-state index contributed by atoms with van der Waals surface area (Å²) in [5, 5.41) is 7.00. The highest BCUT2D eigenvalue weighted by atomic mass is 127. The van der Waals surface area contributed by atoms with Crippen LogP contribution in [0.4, 0.5) is 0 Å². The van der Waals surface area contributed by atoms with Crippen LogP contribution in [0.25, 0.3) is 0 Å². The number of guanidine groups is 1. The molecule has 3 rings (SSSR count). The zero-order chi connectivity index (χ0) is 20.5. The van der Waals surface area contributed by atoms with Gasteiger partial charge >= 0.3 is 0 Å². The number of aliphatic imine (C=N–C) groups is 1. The van der Waals surface area contributed by atoms with Gasteiger partial charge in [-0.1, -0.05) is 36.4 Å². The first-order valence-corrected chi connectivity index (χ1v) is 10.5. The highest BCUT2D eigenvalue weighted by Crippen LogP contribution is 2.20. The second-order valence-corrected chi connectivity index (χ2v) is 7.54. The number of pyridine rings is 1. The molecule has 1 aromatic carbocycles. The van der Waals surface area contributed by atoms with Gasteiger partial charge in [-0.05, 0) is 38.3 Å². The second kappa shape index (κ2) is 12.7. The van der Waals surface area contributed by atoms with Crippen molar-refractivity contribution >= 4 is 29.9 Å². The zero-order valence-electron chi connectivity index (χ0n) is 18.2. The smallest absolute Gasteiger partial charge is 0.218 e. The maximum absolute atomic E-state index is 5.34. The third-order valence-electron chi connectivity index (χ3n) is 5.38. The van der Waals surface area contributed by atoms with Gasteiger partial charge in [0.1, 0.15) is 0 Å². The summed E-state index contributed by atoms with van der Waals surface area (Å²) in [5.74, 6) is 1.49. The van der Waals surface area contributed by atoms with Crippen molar-refractivity contribution in [1.29, 1.82) is 0 Å². The summed E-state index contributed by atoms with van der Waals surface area (Å²) in [6.07, 6.45) is 3.95. The number of nitrogens with zero attached hydrogens (tertiary/aromatic N) is 3. The summed E-state index contributed by atoms with van der Waals surface area (Å²) in [6.45, 7) is 7.88. The fraction of sp³-hybridized carbons (Fsp3) is 0.478. The molecule has 0 aliphatic carbocycles. The van der Waals surface area contributed by atoms with E-state index in [1.165, 1.54) is 5.56 Å². The van der Waals surface area contributed by atoms with Crippen molar-refractivity contribution in [2.45, 2.75) is 51.9 Å². The van der Waals surface area contributed by atoms with Gasteiger partial charge in [0.25, 0.3) is 0 Å². The van der Waals surface area contributed by atoms with E-state index in [1.807, 2.05) is 12.1 Å². The molecule has 1 aromatic heterocycles. The van der Waals surface area contributed by atoms with Crippen LogP contribution >= 0.6 is 24.0 Å². The minimum atomic E-state index is 0. The summed E-state index contributed by atoms with van der Waals surface area (Å²) < 4.78 is 5.34. The predicted octanol–water partition coefficient (Wildman–Crippen LogP) is 3.82. The average Bonchev–Trinajstić information content (AvgIpc) is 2.75. The van der Waals surface area contributed by atoms with E-state index in [0.29, 0.717) is 24.5 Å². The summed E-state index contributed by atoms with van der Waals surface area (Å²) in [7, 11) is 1.64. The van der Waals surface area contributed by atoms with Gasteiger partial charge in [0, 0.05) is 43.5 Å². The number of likely N-dealkylation sites (tertiary alicyclic amines) is 1. The van der Waals surface area contributed by atoms with E-state index in [2.05, 4.69) is 64.7 Å². The van der Waals surface area contributed by atoms with Crippen LogP contribution in [0.2, 0.25) is 0 Å². The van der Waals surface area contributed by atoms with Crippen LogP contribution in [-0.4, -0.2) is 48.1 Å². The lowest BCUT2D eigenvalue weighted by atomic mass is 9.97. The maximum Gasteiger partial charge on any atom is 0.218 e. The Morgan fingerprint density at radius 3 is 2.73 bits per heavy atom. The van der Waals surface area contributed by atoms with Crippen molar-refractivity contribution < 1.29 is 4.74 Å². The molecule has 6 nitrogen and oxygen atoms in total. The van der Waals surface area contributed by atoms with Gasteiger partial charge in [-0.15, -0.1) is 24.0 Å². The highest BCUT2D eigenvalue weighted by molar-refractivity contribution is 14.0. The molecular formula is C23H34IN5O. The largest absolute Gasteiger partial charge is 0.481 e. The SMILES string of the molecule is CCNC(=NCc1cccnc1OC)NC1CCN(Cc2ccccc2)C(C)C1.I. The molecule has 30 heavy (non-hydrogen) atoms. The van der Waals surface area contributed by atoms with Crippen molar-refractivity contribution in [1.82, 2.24) is 20.5 Å². The zero-order valence-corrected chi connectivity index (χ0v) is 20.5. The normalized spacial score (nSPS) is 19.6. The van der Waals surface area contributed by atoms with E-state index in [0.717, 1.165) is 44.0 Å². The molecule has 164 valence electrons. The second-order valence-electron chi connectivity index (χ2n) is 7.54. The number of piperidine rings is 1. The van der Waals surface area contributed by atoms with Crippen molar-refractivity contribution in [2.24, 2.45) is 4.99 Å². The molecule has 1 aliphatic rings. The number of rotatable bonds is 7. The molecule has 2 unspecified atom stereocenters. The van der Waals surface area contributed by atoms with Crippen molar-refractivity contribution in [3.8, 4) is 5.88 Å². The molecule has 2 N–H and O–H groups in total. The first kappa shape index (κ1) is 24.4. The molecule has 0 amide bonds. The van der Waals surface area contributed by atoms with Crippen molar-refractivity contribution in [3.63, 3.8) is 0 Å². The quantitative estimate of drug-likeness (QED) is 0.329. The van der Waals surface area contributed by atoms with E-state index in [-0.39, 0.29) is 24.0 Å². The average molecular weight is 523 g/mol. The molecule has 0 saturated carbocycles. The molecule has 0 spiro atoms. The Morgan fingerprint density at radius 2 is 2.03 bits per heavy atom. The van der Waals surface area contributed by atoms with Crippen LogP contribution in [0, 0.1) is 0 Å². The molecule has 2 aromatic rings. The van der Waals surface area contributed by atoms with Gasteiger partial charge in [0.05, 0.1) is 13.7 Å². The third-order valence-corrected chi connectivity index (χ3v) is 5.38. The van der Waals surface area contributed by atoms with Crippen LogP contribution in [0.1, 0.15) is 37.8 Å². The standard InChI is InChI=1S/C23H33N5O.HI/c1-4-24-23(26-16-20-11-8-13-25-22(20)29-3)27-21-12-14-28(18(2)15-21)17-19-9-6-5-7-10-19;/h5-11,13,18,21H,4,12,14-17H2,1-3H3,(H2,24,26,27);1H.